The van der Waals surface area contributed by atoms with Crippen LogP contribution in [0.3, 0.4) is 0 Å². The minimum absolute atomic E-state index is 0.293. The summed E-state index contributed by atoms with van der Waals surface area (Å²) >= 11 is 0. The van der Waals surface area contributed by atoms with Gasteiger partial charge in [-0.15, -0.1) is 0 Å². The first kappa shape index (κ1) is 19.4. The van der Waals surface area contributed by atoms with Gasteiger partial charge in [-0.3, -0.25) is 4.79 Å². The molecule has 0 saturated carbocycles. The molecule has 0 saturated heterocycles. The molecule has 0 aliphatic rings. The number of carbonyl (C=O) groups excluding carboxylic acids is 1. The maximum Gasteiger partial charge on any atom is 0.248 e. The predicted molar refractivity (Wildman–Crippen MR) is 117 cm³/mol. The Morgan fingerprint density at radius 2 is 1.60 bits per heavy atom. The van der Waals surface area contributed by atoms with Crippen molar-refractivity contribution in [3.8, 4) is 17.2 Å². The van der Waals surface area contributed by atoms with Gasteiger partial charge < -0.3 is 23.9 Å². The average Bonchev–Trinajstić information content (AvgIpc) is 3.14. The first-order valence-electron chi connectivity index (χ1n) is 9.33. The van der Waals surface area contributed by atoms with Crippen LogP contribution in [0.5, 0.6) is 17.2 Å². The van der Waals surface area contributed by atoms with Crippen LogP contribution in [0.2, 0.25) is 0 Å². The fraction of sp³-hybridized carbons (Fsp3) is 0.125. The molecule has 3 aromatic carbocycles. The van der Waals surface area contributed by atoms with Crippen molar-refractivity contribution >= 4 is 39.6 Å². The lowest BCUT2D eigenvalue weighted by Gasteiger charge is -2.09. The summed E-state index contributed by atoms with van der Waals surface area (Å²) in [5.74, 6) is 1.49. The quantitative estimate of drug-likeness (QED) is 0.445. The number of nitrogens with one attached hydrogen (secondary N) is 1. The molecule has 1 aromatic heterocycles. The third-order valence-electron chi connectivity index (χ3n) is 4.79. The van der Waals surface area contributed by atoms with Crippen LogP contribution in [0.4, 0.5) is 5.69 Å². The summed E-state index contributed by atoms with van der Waals surface area (Å²) in [6, 6.07) is 16.8. The van der Waals surface area contributed by atoms with Gasteiger partial charge in [-0.05, 0) is 35.9 Å². The minimum Gasteiger partial charge on any atom is -0.495 e. The van der Waals surface area contributed by atoms with Crippen LogP contribution >= 0.6 is 0 Å². The monoisotopic (exact) mass is 403 g/mol. The zero-order valence-electron chi connectivity index (χ0n) is 16.9. The van der Waals surface area contributed by atoms with Crippen LogP contribution in [0.25, 0.3) is 28.0 Å². The maximum absolute atomic E-state index is 12.5. The minimum atomic E-state index is -0.293. The number of benzene rings is 3. The van der Waals surface area contributed by atoms with Crippen molar-refractivity contribution in [1.29, 1.82) is 0 Å². The third kappa shape index (κ3) is 3.67. The van der Waals surface area contributed by atoms with E-state index in [1.807, 2.05) is 36.4 Å². The molecule has 4 rings (SSSR count). The number of ether oxygens (including phenoxy) is 3. The van der Waals surface area contributed by atoms with Crippen LogP contribution < -0.4 is 19.5 Å². The Kier molecular flexibility index (Phi) is 5.30. The molecule has 0 atom stereocenters. The molecule has 0 radical (unpaired) electrons. The summed E-state index contributed by atoms with van der Waals surface area (Å²) in [6.45, 7) is 0. The number of hydrogen-bond acceptors (Lipinski definition) is 5. The normalized spacial score (nSPS) is 11.2. The molecule has 6 nitrogen and oxygen atoms in total. The van der Waals surface area contributed by atoms with Crippen molar-refractivity contribution in [3.05, 3.63) is 66.2 Å². The first-order valence-corrected chi connectivity index (χ1v) is 9.33. The van der Waals surface area contributed by atoms with E-state index < -0.39 is 0 Å². The second-order valence-corrected chi connectivity index (χ2v) is 6.58. The number of rotatable bonds is 6. The van der Waals surface area contributed by atoms with Gasteiger partial charge in [0.15, 0.2) is 11.5 Å². The van der Waals surface area contributed by atoms with Gasteiger partial charge in [-0.2, -0.15) is 0 Å². The summed E-state index contributed by atoms with van der Waals surface area (Å²) in [5.41, 5.74) is 2.80. The van der Waals surface area contributed by atoms with Crippen molar-refractivity contribution in [2.24, 2.45) is 0 Å². The summed E-state index contributed by atoms with van der Waals surface area (Å²) in [7, 11) is 4.71. The van der Waals surface area contributed by atoms with Gasteiger partial charge in [0, 0.05) is 22.9 Å². The van der Waals surface area contributed by atoms with Crippen LogP contribution in [0.1, 0.15) is 5.56 Å². The van der Waals surface area contributed by atoms with E-state index in [-0.39, 0.29) is 5.91 Å². The first-order chi connectivity index (χ1) is 14.6. The number of fused-ring (bicyclic) bond motifs is 3. The van der Waals surface area contributed by atoms with Crippen LogP contribution in [-0.4, -0.2) is 27.2 Å². The topological polar surface area (TPSA) is 69.9 Å². The van der Waals surface area contributed by atoms with E-state index in [1.165, 1.54) is 6.08 Å². The zero-order chi connectivity index (χ0) is 21.1. The SMILES string of the molecule is COc1cc2c(cc1NC(=O)C=Cc1ccc(OC)c(OC)c1)oc1ccccc12. The van der Waals surface area contributed by atoms with Crippen molar-refractivity contribution in [2.45, 2.75) is 0 Å². The molecule has 4 aromatic rings. The number of furan rings is 1. The van der Waals surface area contributed by atoms with Gasteiger partial charge in [-0.1, -0.05) is 24.3 Å². The van der Waals surface area contributed by atoms with Crippen molar-refractivity contribution < 1.29 is 23.4 Å². The van der Waals surface area contributed by atoms with E-state index in [0.29, 0.717) is 28.5 Å². The van der Waals surface area contributed by atoms with E-state index in [2.05, 4.69) is 5.32 Å². The largest absolute Gasteiger partial charge is 0.495 e. The average molecular weight is 403 g/mol. The van der Waals surface area contributed by atoms with Gasteiger partial charge in [0.25, 0.3) is 0 Å². The van der Waals surface area contributed by atoms with E-state index in [0.717, 1.165) is 21.9 Å². The van der Waals surface area contributed by atoms with Crippen molar-refractivity contribution in [2.75, 3.05) is 26.6 Å². The van der Waals surface area contributed by atoms with Crippen LogP contribution in [0.15, 0.2) is 65.1 Å². The molecule has 1 heterocycles. The maximum atomic E-state index is 12.5. The van der Waals surface area contributed by atoms with E-state index in [4.69, 9.17) is 18.6 Å². The molecular formula is C24H21NO5. The molecule has 1 amide bonds. The molecule has 0 aliphatic carbocycles. The van der Waals surface area contributed by atoms with Crippen molar-refractivity contribution in [3.63, 3.8) is 0 Å². The molecule has 30 heavy (non-hydrogen) atoms. The summed E-state index contributed by atoms with van der Waals surface area (Å²) < 4.78 is 21.9. The Morgan fingerprint density at radius 1 is 0.833 bits per heavy atom. The number of carbonyl (C=O) groups is 1. The molecular weight excluding hydrogens is 382 g/mol. The molecule has 0 aliphatic heterocycles. The number of hydrogen-bond donors (Lipinski definition) is 1. The number of amides is 1. The van der Waals surface area contributed by atoms with E-state index >= 15 is 0 Å². The van der Waals surface area contributed by atoms with Crippen molar-refractivity contribution in [1.82, 2.24) is 0 Å². The number of methoxy groups -OCH3 is 3. The second-order valence-electron chi connectivity index (χ2n) is 6.58. The number of anilines is 1. The molecule has 0 fully saturated rings. The van der Waals surface area contributed by atoms with Crippen LogP contribution in [0, 0.1) is 0 Å². The molecule has 6 heteroatoms. The highest BCUT2D eigenvalue weighted by molar-refractivity contribution is 6.09. The lowest BCUT2D eigenvalue weighted by Crippen LogP contribution is -2.08. The highest BCUT2D eigenvalue weighted by Crippen LogP contribution is 2.36. The Hall–Kier alpha value is -3.93. The molecule has 1 N–H and O–H groups in total. The fourth-order valence-electron chi connectivity index (χ4n) is 3.32. The van der Waals surface area contributed by atoms with E-state index in [1.54, 1.807) is 45.6 Å². The summed E-state index contributed by atoms with van der Waals surface area (Å²) in [6.07, 6.45) is 3.15. The Bertz CT molecular complexity index is 1260. The predicted octanol–water partition coefficient (Wildman–Crippen LogP) is 5.26. The lowest BCUT2D eigenvalue weighted by atomic mass is 10.1. The smallest absolute Gasteiger partial charge is 0.248 e. The van der Waals surface area contributed by atoms with Gasteiger partial charge in [0.1, 0.15) is 16.9 Å². The van der Waals surface area contributed by atoms with Gasteiger partial charge in [-0.25, -0.2) is 0 Å². The molecule has 0 unspecified atom stereocenters. The molecule has 0 bridgehead atoms. The molecule has 0 spiro atoms. The lowest BCUT2D eigenvalue weighted by molar-refractivity contribution is -0.111. The summed E-state index contributed by atoms with van der Waals surface area (Å²) in [4.78, 5) is 12.5. The standard InChI is InChI=1S/C24H21NO5/c1-27-20-10-8-15(12-23(20)29-3)9-11-24(26)25-18-14-21-17(13-22(18)28-2)16-6-4-5-7-19(16)30-21/h4-14H,1-3H3,(H,25,26). The third-order valence-corrected chi connectivity index (χ3v) is 4.79. The Morgan fingerprint density at radius 3 is 2.37 bits per heavy atom. The van der Waals surface area contributed by atoms with E-state index in [9.17, 15) is 4.79 Å². The Balaban J connectivity index is 1.59. The zero-order valence-corrected chi connectivity index (χ0v) is 16.9. The van der Waals surface area contributed by atoms with Gasteiger partial charge in [0.05, 0.1) is 27.0 Å². The fourth-order valence-corrected chi connectivity index (χ4v) is 3.32. The number of para-hydroxylation sites is 1. The van der Waals surface area contributed by atoms with Gasteiger partial charge in [0.2, 0.25) is 5.91 Å². The highest BCUT2D eigenvalue weighted by Gasteiger charge is 2.13. The second kappa shape index (κ2) is 8.21. The molecule has 152 valence electrons. The highest BCUT2D eigenvalue weighted by atomic mass is 16.5. The van der Waals surface area contributed by atoms with Crippen LogP contribution in [-0.2, 0) is 4.79 Å². The summed E-state index contributed by atoms with van der Waals surface area (Å²) in [5, 5.41) is 4.78. The Labute approximate surface area is 173 Å². The van der Waals surface area contributed by atoms with Gasteiger partial charge >= 0.3 is 0 Å².